The van der Waals surface area contributed by atoms with Gasteiger partial charge in [0.1, 0.15) is 6.04 Å². The largest absolute Gasteiger partial charge is 0.465 e. The Morgan fingerprint density at radius 3 is 2.70 bits per heavy atom. The Balaban J connectivity index is 2.03. The molecule has 2 rings (SSSR count). The number of nitrogens with zero attached hydrogens (tertiary/aromatic N) is 1. The van der Waals surface area contributed by atoms with Crippen LogP contribution in [0.4, 0.5) is 0 Å². The molecule has 0 amide bonds. The van der Waals surface area contributed by atoms with Crippen LogP contribution >= 0.6 is 0 Å². The molecular formula is C13H18N2O4S. The van der Waals surface area contributed by atoms with Gasteiger partial charge in [0.2, 0.25) is 0 Å². The summed E-state index contributed by atoms with van der Waals surface area (Å²) in [6.45, 7) is 2.53. The molecule has 110 valence electrons. The van der Waals surface area contributed by atoms with Crippen LogP contribution in [0.15, 0.2) is 30.3 Å². The van der Waals surface area contributed by atoms with Crippen molar-refractivity contribution < 1.29 is 17.9 Å². The number of nitrogens with one attached hydrogen (secondary N) is 1. The van der Waals surface area contributed by atoms with Crippen molar-refractivity contribution in [3.8, 4) is 0 Å². The van der Waals surface area contributed by atoms with Gasteiger partial charge in [-0.05, 0) is 18.9 Å². The molecule has 0 saturated carbocycles. The lowest BCUT2D eigenvalue weighted by Gasteiger charge is -2.31. The number of esters is 1. The average Bonchev–Trinajstić information content (AvgIpc) is 2.42. The van der Waals surface area contributed by atoms with E-state index in [1.54, 1.807) is 6.92 Å². The molecule has 1 N–H and O–H groups in total. The fourth-order valence-corrected chi connectivity index (χ4v) is 3.45. The van der Waals surface area contributed by atoms with E-state index < -0.39 is 22.2 Å². The van der Waals surface area contributed by atoms with Gasteiger partial charge in [0.15, 0.2) is 0 Å². The number of rotatable bonds is 4. The highest BCUT2D eigenvalue weighted by atomic mass is 32.2. The molecule has 1 unspecified atom stereocenters. The summed E-state index contributed by atoms with van der Waals surface area (Å²) in [6.07, 6.45) is 0.408. The number of hydrogen-bond donors (Lipinski definition) is 1. The summed E-state index contributed by atoms with van der Waals surface area (Å²) in [5, 5.41) is 0. The zero-order valence-corrected chi connectivity index (χ0v) is 12.1. The van der Waals surface area contributed by atoms with E-state index in [1.807, 2.05) is 30.3 Å². The zero-order chi connectivity index (χ0) is 14.6. The second-order valence-electron chi connectivity index (χ2n) is 4.54. The fourth-order valence-electron chi connectivity index (χ4n) is 2.07. The first-order chi connectivity index (χ1) is 9.53. The van der Waals surface area contributed by atoms with Crippen LogP contribution in [0, 0.1) is 0 Å². The predicted octanol–water partition coefficient (Wildman–Crippen LogP) is 0.658. The van der Waals surface area contributed by atoms with Gasteiger partial charge in [-0.25, -0.2) is 0 Å². The highest BCUT2D eigenvalue weighted by Gasteiger charge is 2.35. The third-order valence-electron chi connectivity index (χ3n) is 3.07. The molecule has 1 saturated heterocycles. The lowest BCUT2D eigenvalue weighted by atomic mass is 10.2. The van der Waals surface area contributed by atoms with Gasteiger partial charge in [-0.3, -0.25) is 4.79 Å². The van der Waals surface area contributed by atoms with Gasteiger partial charge in [0.25, 0.3) is 10.2 Å². The fraction of sp³-hybridized carbons (Fsp3) is 0.462. The summed E-state index contributed by atoms with van der Waals surface area (Å²) in [5.74, 6) is -0.518. The van der Waals surface area contributed by atoms with Crippen molar-refractivity contribution in [3.05, 3.63) is 35.9 Å². The van der Waals surface area contributed by atoms with Crippen molar-refractivity contribution in [1.29, 1.82) is 0 Å². The van der Waals surface area contributed by atoms with E-state index >= 15 is 0 Å². The van der Waals surface area contributed by atoms with Crippen LogP contribution in [0.2, 0.25) is 0 Å². The molecular weight excluding hydrogens is 280 g/mol. The van der Waals surface area contributed by atoms with Crippen LogP contribution in [-0.4, -0.2) is 37.9 Å². The maximum atomic E-state index is 12.1. The lowest BCUT2D eigenvalue weighted by molar-refractivity contribution is -0.145. The number of hydrogen-bond acceptors (Lipinski definition) is 4. The van der Waals surface area contributed by atoms with Crippen LogP contribution in [0.3, 0.4) is 0 Å². The summed E-state index contributed by atoms with van der Waals surface area (Å²) >= 11 is 0. The second kappa shape index (κ2) is 6.34. The van der Waals surface area contributed by atoms with E-state index in [1.165, 1.54) is 4.31 Å². The molecule has 0 spiro atoms. The van der Waals surface area contributed by atoms with Crippen molar-refractivity contribution in [1.82, 2.24) is 9.03 Å². The zero-order valence-electron chi connectivity index (χ0n) is 11.3. The average molecular weight is 298 g/mol. The van der Waals surface area contributed by atoms with Gasteiger partial charge in [0.05, 0.1) is 6.61 Å². The Kier molecular flexibility index (Phi) is 4.74. The van der Waals surface area contributed by atoms with Crippen LogP contribution in [0.25, 0.3) is 0 Å². The molecule has 1 atom stereocenters. The summed E-state index contributed by atoms with van der Waals surface area (Å²) < 4.78 is 32.8. The van der Waals surface area contributed by atoms with Gasteiger partial charge in [-0.15, -0.1) is 0 Å². The third kappa shape index (κ3) is 3.56. The monoisotopic (exact) mass is 298 g/mol. The number of ether oxygens (including phenoxy) is 1. The minimum atomic E-state index is -3.65. The molecule has 0 bridgehead atoms. The summed E-state index contributed by atoms with van der Waals surface area (Å²) in [4.78, 5) is 11.6. The molecule has 6 nitrogen and oxygen atoms in total. The first kappa shape index (κ1) is 15.0. The first-order valence-electron chi connectivity index (χ1n) is 6.51. The molecule has 7 heteroatoms. The number of carbonyl (C=O) groups excluding carboxylic acids is 1. The number of benzene rings is 1. The van der Waals surface area contributed by atoms with Crippen molar-refractivity contribution >= 4 is 16.2 Å². The Bertz CT molecular complexity index is 559. The second-order valence-corrected chi connectivity index (χ2v) is 6.24. The van der Waals surface area contributed by atoms with Crippen molar-refractivity contribution in [2.75, 3.05) is 13.2 Å². The smallest absolute Gasteiger partial charge is 0.324 e. The van der Waals surface area contributed by atoms with Gasteiger partial charge < -0.3 is 4.74 Å². The van der Waals surface area contributed by atoms with Gasteiger partial charge >= 0.3 is 5.97 Å². The summed E-state index contributed by atoms with van der Waals surface area (Å²) in [6, 6.07) is 8.55. The minimum Gasteiger partial charge on any atom is -0.465 e. The molecule has 1 aliphatic rings. The Morgan fingerprint density at radius 1 is 1.40 bits per heavy atom. The first-order valence-corrected chi connectivity index (χ1v) is 7.95. The Morgan fingerprint density at radius 2 is 2.10 bits per heavy atom. The highest BCUT2D eigenvalue weighted by molar-refractivity contribution is 7.87. The van der Waals surface area contributed by atoms with Gasteiger partial charge in [-0.2, -0.15) is 17.4 Å². The van der Waals surface area contributed by atoms with Gasteiger partial charge in [0, 0.05) is 13.1 Å². The van der Waals surface area contributed by atoms with Crippen molar-refractivity contribution in [3.63, 3.8) is 0 Å². The molecule has 1 aromatic rings. The lowest BCUT2D eigenvalue weighted by Crippen LogP contribution is -2.54. The normalized spacial score (nSPS) is 22.4. The Labute approximate surface area is 118 Å². The summed E-state index contributed by atoms with van der Waals surface area (Å²) in [7, 11) is -3.65. The minimum absolute atomic E-state index is 0.241. The van der Waals surface area contributed by atoms with E-state index in [2.05, 4.69) is 4.72 Å². The van der Waals surface area contributed by atoms with Crippen LogP contribution < -0.4 is 4.72 Å². The van der Waals surface area contributed by atoms with E-state index in [9.17, 15) is 13.2 Å². The van der Waals surface area contributed by atoms with Crippen LogP contribution in [-0.2, 0) is 26.3 Å². The third-order valence-corrected chi connectivity index (χ3v) is 4.65. The molecule has 1 aliphatic heterocycles. The molecule has 0 radical (unpaired) electrons. The maximum absolute atomic E-state index is 12.1. The predicted molar refractivity (Wildman–Crippen MR) is 73.9 cm³/mol. The van der Waals surface area contributed by atoms with E-state index in [-0.39, 0.29) is 6.61 Å². The van der Waals surface area contributed by atoms with E-state index in [0.29, 0.717) is 19.5 Å². The topological polar surface area (TPSA) is 75.7 Å². The molecule has 1 fully saturated rings. The standard InChI is InChI=1S/C13H18N2O4S/c1-2-19-13(16)12-8-9-15(20(17,18)14-12)10-11-6-4-3-5-7-11/h3-7,12,14H,2,8-10H2,1H3. The van der Waals surface area contributed by atoms with Crippen LogP contribution in [0.5, 0.6) is 0 Å². The van der Waals surface area contributed by atoms with Gasteiger partial charge in [-0.1, -0.05) is 30.3 Å². The maximum Gasteiger partial charge on any atom is 0.324 e. The van der Waals surface area contributed by atoms with E-state index in [0.717, 1.165) is 5.56 Å². The van der Waals surface area contributed by atoms with Crippen molar-refractivity contribution in [2.24, 2.45) is 0 Å². The highest BCUT2D eigenvalue weighted by Crippen LogP contribution is 2.15. The molecule has 1 aromatic carbocycles. The van der Waals surface area contributed by atoms with E-state index in [4.69, 9.17) is 4.74 Å². The quantitative estimate of drug-likeness (QED) is 0.829. The SMILES string of the molecule is CCOC(=O)C1CCN(Cc2ccccc2)S(=O)(=O)N1. The Hall–Kier alpha value is -1.44. The summed E-state index contributed by atoms with van der Waals surface area (Å²) in [5.41, 5.74) is 0.910. The van der Waals surface area contributed by atoms with Crippen LogP contribution in [0.1, 0.15) is 18.9 Å². The number of carbonyl (C=O) groups is 1. The molecule has 0 aromatic heterocycles. The molecule has 0 aliphatic carbocycles. The molecule has 20 heavy (non-hydrogen) atoms. The van der Waals surface area contributed by atoms with Crippen molar-refractivity contribution in [2.45, 2.75) is 25.9 Å². The molecule has 1 heterocycles.